The summed E-state index contributed by atoms with van der Waals surface area (Å²) in [6.07, 6.45) is 3.49. The van der Waals surface area contributed by atoms with Crippen molar-refractivity contribution in [1.29, 1.82) is 0 Å². The van der Waals surface area contributed by atoms with Gasteiger partial charge in [0.25, 0.3) is 0 Å². The molecular formula is C13H18N4OS. The molecule has 5 nitrogen and oxygen atoms in total. The molecule has 0 saturated heterocycles. The minimum Gasteiger partial charge on any atom is -0.394 e. The number of nitrogen functional groups attached to an aromatic ring is 1. The first-order chi connectivity index (χ1) is 8.97. The van der Waals surface area contributed by atoms with E-state index >= 15 is 0 Å². The summed E-state index contributed by atoms with van der Waals surface area (Å²) >= 11 is 1.33. The van der Waals surface area contributed by atoms with Crippen LogP contribution in [-0.2, 0) is 0 Å². The standard InChI is InChI=1S/C13H18N4OS/c1-13(2,8-18)17(3)12-10(11(14)16-19-12)9-5-4-6-15-7-9/h4-7,18H,8H2,1-3H3,(H2,14,16). The van der Waals surface area contributed by atoms with Gasteiger partial charge in [0.05, 0.1) is 17.7 Å². The maximum Gasteiger partial charge on any atom is 0.147 e. The van der Waals surface area contributed by atoms with Gasteiger partial charge in [0.15, 0.2) is 0 Å². The highest BCUT2D eigenvalue weighted by Gasteiger charge is 2.27. The number of anilines is 2. The molecule has 0 aliphatic carbocycles. The van der Waals surface area contributed by atoms with Crippen molar-refractivity contribution >= 4 is 22.4 Å². The molecule has 0 aliphatic heterocycles. The summed E-state index contributed by atoms with van der Waals surface area (Å²) in [6, 6.07) is 3.82. The Hall–Kier alpha value is -1.66. The van der Waals surface area contributed by atoms with Crippen LogP contribution in [0.4, 0.5) is 10.8 Å². The van der Waals surface area contributed by atoms with Gasteiger partial charge >= 0.3 is 0 Å². The number of aliphatic hydroxyl groups excluding tert-OH is 1. The lowest BCUT2D eigenvalue weighted by Gasteiger charge is -2.35. The van der Waals surface area contributed by atoms with Crippen LogP contribution in [0.2, 0.25) is 0 Å². The van der Waals surface area contributed by atoms with Gasteiger partial charge in [-0.3, -0.25) is 4.98 Å². The number of likely N-dealkylation sites (N-methyl/N-ethyl adjacent to an activating group) is 1. The molecule has 0 radical (unpaired) electrons. The molecule has 2 heterocycles. The lowest BCUT2D eigenvalue weighted by atomic mass is 10.0. The second-order valence-electron chi connectivity index (χ2n) is 5.02. The van der Waals surface area contributed by atoms with Crippen molar-refractivity contribution in [3.8, 4) is 11.1 Å². The third-order valence-electron chi connectivity index (χ3n) is 3.25. The summed E-state index contributed by atoms with van der Waals surface area (Å²) < 4.78 is 4.23. The second-order valence-corrected chi connectivity index (χ2v) is 5.77. The highest BCUT2D eigenvalue weighted by atomic mass is 32.1. The SMILES string of the molecule is CN(c1snc(N)c1-c1cccnc1)C(C)(C)CO. The van der Waals surface area contributed by atoms with Crippen LogP contribution in [-0.4, -0.2) is 33.7 Å². The zero-order chi connectivity index (χ0) is 14.0. The number of rotatable bonds is 4. The van der Waals surface area contributed by atoms with Crippen molar-refractivity contribution in [2.75, 3.05) is 24.3 Å². The summed E-state index contributed by atoms with van der Waals surface area (Å²) in [5, 5.41) is 10.4. The van der Waals surface area contributed by atoms with Crippen molar-refractivity contribution in [3.05, 3.63) is 24.5 Å². The molecule has 0 aliphatic rings. The van der Waals surface area contributed by atoms with Crippen LogP contribution in [0.1, 0.15) is 13.8 Å². The predicted octanol–water partition coefficient (Wildman–Crippen LogP) is 1.99. The maximum absolute atomic E-state index is 9.49. The van der Waals surface area contributed by atoms with E-state index < -0.39 is 0 Å². The van der Waals surface area contributed by atoms with Gasteiger partial charge in [0.1, 0.15) is 10.8 Å². The first kappa shape index (κ1) is 13.8. The number of pyridine rings is 1. The van der Waals surface area contributed by atoms with Crippen molar-refractivity contribution in [1.82, 2.24) is 9.36 Å². The van der Waals surface area contributed by atoms with Crippen LogP contribution < -0.4 is 10.6 Å². The fourth-order valence-corrected chi connectivity index (χ4v) is 2.64. The number of nitrogens with two attached hydrogens (primary N) is 1. The van der Waals surface area contributed by atoms with E-state index in [9.17, 15) is 5.11 Å². The van der Waals surface area contributed by atoms with E-state index in [-0.39, 0.29) is 12.1 Å². The Morgan fingerprint density at radius 1 is 1.47 bits per heavy atom. The fraction of sp³-hybridized carbons (Fsp3) is 0.385. The first-order valence-corrected chi connectivity index (χ1v) is 6.75. The molecule has 0 amide bonds. The molecule has 102 valence electrons. The smallest absolute Gasteiger partial charge is 0.147 e. The van der Waals surface area contributed by atoms with E-state index in [1.807, 2.05) is 37.9 Å². The Bertz CT molecular complexity index is 553. The van der Waals surface area contributed by atoms with Gasteiger partial charge in [-0.2, -0.15) is 4.37 Å². The van der Waals surface area contributed by atoms with Gasteiger partial charge < -0.3 is 15.7 Å². The van der Waals surface area contributed by atoms with Gasteiger partial charge in [0, 0.05) is 25.0 Å². The van der Waals surface area contributed by atoms with Gasteiger partial charge in [-0.25, -0.2) is 0 Å². The molecule has 3 N–H and O–H groups in total. The molecule has 0 aromatic carbocycles. The van der Waals surface area contributed by atoms with E-state index in [0.29, 0.717) is 5.82 Å². The maximum atomic E-state index is 9.49. The van der Waals surface area contributed by atoms with Gasteiger partial charge in [-0.05, 0) is 31.4 Å². The van der Waals surface area contributed by atoms with Crippen molar-refractivity contribution in [2.45, 2.75) is 19.4 Å². The third kappa shape index (κ3) is 2.54. The highest BCUT2D eigenvalue weighted by Crippen LogP contribution is 2.40. The van der Waals surface area contributed by atoms with Gasteiger partial charge in [0.2, 0.25) is 0 Å². The van der Waals surface area contributed by atoms with E-state index in [4.69, 9.17) is 5.73 Å². The van der Waals surface area contributed by atoms with Crippen LogP contribution in [0.15, 0.2) is 24.5 Å². The minimum absolute atomic E-state index is 0.0494. The molecule has 6 heteroatoms. The number of aromatic nitrogens is 2. The average Bonchev–Trinajstić information content (AvgIpc) is 2.80. The topological polar surface area (TPSA) is 75.3 Å². The molecule has 0 saturated carbocycles. The van der Waals surface area contributed by atoms with Crippen LogP contribution in [0.3, 0.4) is 0 Å². The van der Waals surface area contributed by atoms with E-state index in [1.54, 1.807) is 12.4 Å². The van der Waals surface area contributed by atoms with Crippen LogP contribution in [0.5, 0.6) is 0 Å². The largest absolute Gasteiger partial charge is 0.394 e. The Balaban J connectivity index is 2.50. The number of nitrogens with zero attached hydrogens (tertiary/aromatic N) is 3. The average molecular weight is 278 g/mol. The van der Waals surface area contributed by atoms with Gasteiger partial charge in [-0.15, -0.1) is 0 Å². The quantitative estimate of drug-likeness (QED) is 0.894. The van der Waals surface area contributed by atoms with Crippen LogP contribution >= 0.6 is 11.5 Å². The molecule has 2 rings (SSSR count). The van der Waals surface area contributed by atoms with Crippen LogP contribution in [0.25, 0.3) is 11.1 Å². The molecule has 0 spiro atoms. The molecule has 19 heavy (non-hydrogen) atoms. The lowest BCUT2D eigenvalue weighted by Crippen LogP contribution is -2.44. The number of hydrogen-bond donors (Lipinski definition) is 2. The zero-order valence-corrected chi connectivity index (χ0v) is 12.1. The molecule has 0 fully saturated rings. The number of hydrogen-bond acceptors (Lipinski definition) is 6. The Morgan fingerprint density at radius 3 is 2.79 bits per heavy atom. The Labute approximate surface area is 116 Å². The molecule has 0 atom stereocenters. The van der Waals surface area contributed by atoms with Crippen molar-refractivity contribution < 1.29 is 5.11 Å². The summed E-state index contributed by atoms with van der Waals surface area (Å²) in [5.74, 6) is 0.494. The fourth-order valence-electron chi connectivity index (χ4n) is 1.69. The first-order valence-electron chi connectivity index (χ1n) is 5.97. The predicted molar refractivity (Wildman–Crippen MR) is 79.3 cm³/mol. The van der Waals surface area contributed by atoms with Crippen molar-refractivity contribution in [2.24, 2.45) is 0 Å². The van der Waals surface area contributed by atoms with Crippen LogP contribution in [0, 0.1) is 0 Å². The molecule has 0 bridgehead atoms. The Morgan fingerprint density at radius 2 is 2.21 bits per heavy atom. The second kappa shape index (κ2) is 5.14. The molecule has 2 aromatic heterocycles. The summed E-state index contributed by atoms with van der Waals surface area (Å²) in [4.78, 5) is 6.12. The zero-order valence-electron chi connectivity index (χ0n) is 11.3. The molecule has 0 unspecified atom stereocenters. The van der Waals surface area contributed by atoms with E-state index in [2.05, 4.69) is 9.36 Å². The van der Waals surface area contributed by atoms with Crippen molar-refractivity contribution in [3.63, 3.8) is 0 Å². The monoisotopic (exact) mass is 278 g/mol. The normalized spacial score (nSPS) is 11.6. The minimum atomic E-state index is -0.379. The van der Waals surface area contributed by atoms with Gasteiger partial charge in [-0.1, -0.05) is 6.07 Å². The number of aliphatic hydroxyl groups is 1. The highest BCUT2D eigenvalue weighted by molar-refractivity contribution is 7.11. The summed E-state index contributed by atoms with van der Waals surface area (Å²) in [7, 11) is 1.93. The Kier molecular flexibility index (Phi) is 3.73. The van der Waals surface area contributed by atoms with E-state index in [1.165, 1.54) is 11.5 Å². The lowest BCUT2D eigenvalue weighted by molar-refractivity contribution is 0.217. The molecular weight excluding hydrogens is 260 g/mol. The third-order valence-corrected chi connectivity index (χ3v) is 4.19. The summed E-state index contributed by atoms with van der Waals surface area (Å²) in [5.41, 5.74) is 7.41. The van der Waals surface area contributed by atoms with E-state index in [0.717, 1.165) is 16.1 Å². The summed E-state index contributed by atoms with van der Waals surface area (Å²) in [6.45, 7) is 3.99. The molecule has 2 aromatic rings.